The third-order valence-electron chi connectivity index (χ3n) is 4.13. The molecule has 0 aliphatic carbocycles. The lowest BCUT2D eigenvalue weighted by Gasteiger charge is -2.17. The molecule has 0 aromatic heterocycles. The van der Waals surface area contributed by atoms with Gasteiger partial charge in [0.2, 0.25) is 0 Å². The summed E-state index contributed by atoms with van der Waals surface area (Å²) in [5.74, 6) is -0.313. The van der Waals surface area contributed by atoms with E-state index in [9.17, 15) is 9.36 Å². The molecule has 6 nitrogen and oxygen atoms in total. The van der Waals surface area contributed by atoms with Crippen molar-refractivity contribution in [3.8, 4) is 11.5 Å². The van der Waals surface area contributed by atoms with Gasteiger partial charge in [-0.2, -0.15) is 0 Å². The first kappa shape index (κ1) is 21.6. The van der Waals surface area contributed by atoms with Gasteiger partial charge in [0, 0.05) is 0 Å². The van der Waals surface area contributed by atoms with E-state index in [1.54, 1.807) is 72.8 Å². The van der Waals surface area contributed by atoms with Gasteiger partial charge in [-0.15, -0.1) is 0 Å². The molecular formula is C23H23O6P. The highest BCUT2D eigenvalue weighted by molar-refractivity contribution is 7.49. The summed E-state index contributed by atoms with van der Waals surface area (Å²) in [5.41, 5.74) is 1.39. The number of hydrogen-bond donors (Lipinski definition) is 0. The minimum Gasteiger partial charge on any atom is -0.393 e. The largest absolute Gasteiger partial charge is 0.625 e. The molecule has 7 heteroatoms. The van der Waals surface area contributed by atoms with Gasteiger partial charge in [0.25, 0.3) is 0 Å². The lowest BCUT2D eigenvalue weighted by atomic mass is 10.1. The first-order chi connectivity index (χ1) is 14.6. The Kier molecular flexibility index (Phi) is 7.66. The number of hydrogen-bond acceptors (Lipinski definition) is 6. The molecule has 0 aliphatic heterocycles. The molecule has 0 atom stereocenters. The van der Waals surface area contributed by atoms with Crippen molar-refractivity contribution < 1.29 is 28.0 Å². The topological polar surface area (TPSA) is 71.1 Å². The molecule has 0 unspecified atom stereocenters. The maximum Gasteiger partial charge on any atom is 0.625 e. The Labute approximate surface area is 175 Å². The minimum atomic E-state index is -4.30. The van der Waals surface area contributed by atoms with Gasteiger partial charge in [-0.3, -0.25) is 4.89 Å². The van der Waals surface area contributed by atoms with Gasteiger partial charge < -0.3 is 9.05 Å². The zero-order valence-corrected chi connectivity index (χ0v) is 17.5. The minimum absolute atomic E-state index is 0.244. The molecule has 0 saturated carbocycles. The van der Waals surface area contributed by atoms with Crippen LogP contribution in [0.1, 0.15) is 35.7 Å². The fourth-order valence-electron chi connectivity index (χ4n) is 2.59. The zero-order chi connectivity index (χ0) is 21.2. The van der Waals surface area contributed by atoms with Crippen LogP contribution in [-0.2, 0) is 20.5 Å². The van der Waals surface area contributed by atoms with Gasteiger partial charge in [0.1, 0.15) is 11.5 Å². The molecule has 3 aromatic rings. The van der Waals surface area contributed by atoms with Gasteiger partial charge in [-0.25, -0.2) is 9.36 Å². The SMILES string of the molecule is CCCCc1ccc(C(=O)OOP(=O)(Oc2ccccc2)Oc2ccccc2)cc1. The van der Waals surface area contributed by atoms with E-state index in [0.29, 0.717) is 0 Å². The van der Waals surface area contributed by atoms with Crippen LogP contribution in [-0.4, -0.2) is 5.97 Å². The fourth-order valence-corrected chi connectivity index (χ4v) is 3.60. The monoisotopic (exact) mass is 426 g/mol. The first-order valence-electron chi connectivity index (χ1n) is 9.67. The second-order valence-corrected chi connectivity index (χ2v) is 7.91. The van der Waals surface area contributed by atoms with Crippen LogP contribution in [0.15, 0.2) is 84.9 Å². The summed E-state index contributed by atoms with van der Waals surface area (Å²) in [6.45, 7) is 2.12. The number of carbonyl (C=O) groups excluding carboxylic acids is 1. The fraction of sp³-hybridized carbons (Fsp3) is 0.174. The first-order valence-corrected chi connectivity index (χ1v) is 11.1. The number of benzene rings is 3. The lowest BCUT2D eigenvalue weighted by Crippen LogP contribution is -2.10. The van der Waals surface area contributed by atoms with Gasteiger partial charge in [-0.1, -0.05) is 61.9 Å². The third-order valence-corrected chi connectivity index (χ3v) is 5.26. The Morgan fingerprint density at radius 2 is 1.33 bits per heavy atom. The van der Waals surface area contributed by atoms with Crippen molar-refractivity contribution >= 4 is 13.8 Å². The average molecular weight is 426 g/mol. The molecule has 156 valence electrons. The van der Waals surface area contributed by atoms with E-state index < -0.39 is 13.8 Å². The molecule has 0 bridgehead atoms. The smallest absolute Gasteiger partial charge is 0.393 e. The van der Waals surface area contributed by atoms with E-state index in [1.807, 2.05) is 12.1 Å². The summed E-state index contributed by atoms with van der Waals surface area (Å²) in [6, 6.07) is 23.7. The molecule has 0 radical (unpaired) electrons. The van der Waals surface area contributed by atoms with Gasteiger partial charge in [-0.05, 0) is 59.5 Å². The van der Waals surface area contributed by atoms with Crippen LogP contribution in [0.2, 0.25) is 0 Å². The van der Waals surface area contributed by atoms with E-state index in [2.05, 4.69) is 6.92 Å². The summed E-state index contributed by atoms with van der Waals surface area (Å²) in [6.07, 6.45) is 3.10. The number of phosphoric acid groups is 1. The Bertz CT molecular complexity index is 928. The van der Waals surface area contributed by atoms with Crippen LogP contribution >= 0.6 is 7.82 Å². The van der Waals surface area contributed by atoms with Crippen molar-refractivity contribution in [1.29, 1.82) is 0 Å². The van der Waals surface area contributed by atoms with Crippen LogP contribution in [0.4, 0.5) is 0 Å². The Balaban J connectivity index is 1.69. The summed E-state index contributed by atoms with van der Waals surface area (Å²) in [5, 5.41) is 0. The molecule has 30 heavy (non-hydrogen) atoms. The maximum absolute atomic E-state index is 13.1. The molecule has 0 saturated heterocycles. The van der Waals surface area contributed by atoms with Gasteiger partial charge in [0.05, 0.1) is 5.56 Å². The van der Waals surface area contributed by atoms with E-state index in [0.717, 1.165) is 24.8 Å². The van der Waals surface area contributed by atoms with Gasteiger partial charge >= 0.3 is 13.8 Å². The molecule has 0 amide bonds. The molecular weight excluding hydrogens is 403 g/mol. The highest BCUT2D eigenvalue weighted by atomic mass is 31.2. The highest BCUT2D eigenvalue weighted by Crippen LogP contribution is 2.49. The zero-order valence-electron chi connectivity index (χ0n) is 16.6. The van der Waals surface area contributed by atoms with Crippen LogP contribution in [0.3, 0.4) is 0 Å². The number of carbonyl (C=O) groups is 1. The van der Waals surface area contributed by atoms with E-state index >= 15 is 0 Å². The quantitative estimate of drug-likeness (QED) is 0.213. The van der Waals surface area contributed by atoms with Crippen molar-refractivity contribution in [2.45, 2.75) is 26.2 Å². The van der Waals surface area contributed by atoms with Gasteiger partial charge in [0.15, 0.2) is 0 Å². The number of aryl methyl sites for hydroxylation is 1. The summed E-state index contributed by atoms with van der Waals surface area (Å²) in [7, 11) is -4.30. The molecule has 0 N–H and O–H groups in total. The number of unbranched alkanes of at least 4 members (excludes halogenated alkanes) is 1. The predicted octanol–water partition coefficient (Wildman–Crippen LogP) is 6.38. The van der Waals surface area contributed by atoms with Crippen molar-refractivity contribution in [1.82, 2.24) is 0 Å². The Morgan fingerprint density at radius 3 is 1.83 bits per heavy atom. The Morgan fingerprint density at radius 1 is 0.800 bits per heavy atom. The van der Waals surface area contributed by atoms with E-state index in [4.69, 9.17) is 18.6 Å². The van der Waals surface area contributed by atoms with Crippen molar-refractivity contribution in [3.63, 3.8) is 0 Å². The second-order valence-electron chi connectivity index (χ2n) is 6.50. The molecule has 3 rings (SSSR count). The maximum atomic E-state index is 13.1. The van der Waals surface area contributed by atoms with Crippen LogP contribution in [0.5, 0.6) is 11.5 Å². The van der Waals surface area contributed by atoms with Crippen molar-refractivity contribution in [2.75, 3.05) is 0 Å². The highest BCUT2D eigenvalue weighted by Gasteiger charge is 2.35. The Hall–Kier alpha value is -3.08. The van der Waals surface area contributed by atoms with Crippen LogP contribution in [0.25, 0.3) is 0 Å². The molecule has 3 aromatic carbocycles. The third kappa shape index (κ3) is 6.48. The molecule has 0 heterocycles. The van der Waals surface area contributed by atoms with E-state index in [1.165, 1.54) is 0 Å². The summed E-state index contributed by atoms with van der Waals surface area (Å²) in [4.78, 5) is 17.1. The van der Waals surface area contributed by atoms with E-state index in [-0.39, 0.29) is 17.1 Å². The predicted molar refractivity (Wildman–Crippen MR) is 113 cm³/mol. The van der Waals surface area contributed by atoms with Crippen LogP contribution < -0.4 is 9.05 Å². The number of phosphoric ester groups is 1. The molecule has 0 spiro atoms. The van der Waals surface area contributed by atoms with Crippen molar-refractivity contribution in [3.05, 3.63) is 96.1 Å². The number of rotatable bonds is 10. The second kappa shape index (κ2) is 10.6. The van der Waals surface area contributed by atoms with Crippen LogP contribution in [0, 0.1) is 0 Å². The standard InChI is InChI=1S/C23H23O6P/c1-2-3-10-19-15-17-20(18-16-19)23(24)26-29-30(25,27-21-11-6-4-7-12-21)28-22-13-8-5-9-14-22/h4-9,11-18H,2-3,10H2,1H3. The van der Waals surface area contributed by atoms with Crippen molar-refractivity contribution in [2.24, 2.45) is 0 Å². The summed E-state index contributed by atoms with van der Waals surface area (Å²) >= 11 is 0. The molecule has 0 aliphatic rings. The normalized spacial score (nSPS) is 11.0. The summed E-state index contributed by atoms with van der Waals surface area (Å²) < 4.78 is 28.8. The molecule has 0 fully saturated rings. The lowest BCUT2D eigenvalue weighted by molar-refractivity contribution is -0.163. The number of para-hydroxylation sites is 2. The average Bonchev–Trinajstić information content (AvgIpc) is 2.78.